The van der Waals surface area contributed by atoms with Crippen LogP contribution in [0, 0.1) is 6.92 Å². The normalized spacial score (nSPS) is 10.6. The fourth-order valence-corrected chi connectivity index (χ4v) is 2.93. The van der Waals surface area contributed by atoms with Crippen LogP contribution in [0.4, 0.5) is 5.82 Å². The molecule has 1 N–H and O–H groups in total. The van der Waals surface area contributed by atoms with E-state index in [9.17, 15) is 4.79 Å². The largest absolute Gasteiger partial charge is 0.309 e. The minimum absolute atomic E-state index is 0.0157. The lowest BCUT2D eigenvalue weighted by Crippen LogP contribution is -2.15. The number of nitrogens with zero attached hydrogens (tertiary/aromatic N) is 2. The van der Waals surface area contributed by atoms with Gasteiger partial charge in [0.2, 0.25) is 5.91 Å². The molecule has 0 aliphatic heterocycles. The highest BCUT2D eigenvalue weighted by molar-refractivity contribution is 5.90. The van der Waals surface area contributed by atoms with Crippen molar-refractivity contribution in [2.45, 2.75) is 39.5 Å². The highest BCUT2D eigenvalue weighted by Crippen LogP contribution is 2.20. The monoisotopic (exact) mass is 359 g/mol. The number of benzene rings is 2. The standard InChI is InChI=1S/C23H25N3O/c1-3-20-23(24-16-21(25-20)19-14-12-17(2)13-15-19)26-22(27)11-7-10-18-8-5-4-6-9-18/h4-6,8-9,12-16H,3,7,10-11H2,1-2H3,(H,24,26,27). The molecule has 1 heterocycles. The Morgan fingerprint density at radius 2 is 1.78 bits per heavy atom. The third-order valence-electron chi connectivity index (χ3n) is 4.50. The second-order valence-corrected chi connectivity index (χ2v) is 6.66. The van der Waals surface area contributed by atoms with Gasteiger partial charge >= 0.3 is 0 Å². The first-order valence-electron chi connectivity index (χ1n) is 9.42. The highest BCUT2D eigenvalue weighted by atomic mass is 16.1. The third kappa shape index (κ3) is 5.23. The molecule has 1 amide bonds. The molecule has 0 saturated carbocycles. The van der Waals surface area contributed by atoms with Crippen molar-refractivity contribution in [2.75, 3.05) is 5.32 Å². The number of aromatic nitrogens is 2. The lowest BCUT2D eigenvalue weighted by atomic mass is 10.1. The molecule has 3 aromatic rings. The molecule has 0 unspecified atom stereocenters. The molecule has 0 aliphatic rings. The summed E-state index contributed by atoms with van der Waals surface area (Å²) in [7, 11) is 0. The fourth-order valence-electron chi connectivity index (χ4n) is 2.93. The predicted molar refractivity (Wildman–Crippen MR) is 110 cm³/mol. The molecular formula is C23H25N3O. The number of anilines is 1. The van der Waals surface area contributed by atoms with Crippen molar-refractivity contribution in [1.82, 2.24) is 9.97 Å². The Hall–Kier alpha value is -3.01. The molecule has 27 heavy (non-hydrogen) atoms. The van der Waals surface area contributed by atoms with Gasteiger partial charge in [0.15, 0.2) is 5.82 Å². The first-order valence-corrected chi connectivity index (χ1v) is 9.42. The summed E-state index contributed by atoms with van der Waals surface area (Å²) in [6.45, 7) is 4.08. The molecule has 0 atom stereocenters. The Bertz CT molecular complexity index is 889. The number of carbonyl (C=O) groups excluding carboxylic acids is 1. The summed E-state index contributed by atoms with van der Waals surface area (Å²) >= 11 is 0. The van der Waals surface area contributed by atoms with Crippen LogP contribution in [-0.4, -0.2) is 15.9 Å². The summed E-state index contributed by atoms with van der Waals surface area (Å²) in [5.41, 5.74) is 5.13. The van der Waals surface area contributed by atoms with Crippen LogP contribution in [-0.2, 0) is 17.6 Å². The summed E-state index contributed by atoms with van der Waals surface area (Å²) in [5.74, 6) is 0.552. The Kier molecular flexibility index (Phi) is 6.31. The highest BCUT2D eigenvalue weighted by Gasteiger charge is 2.11. The molecule has 0 fully saturated rings. The van der Waals surface area contributed by atoms with E-state index in [4.69, 9.17) is 4.98 Å². The third-order valence-corrected chi connectivity index (χ3v) is 4.50. The number of amides is 1. The first kappa shape index (κ1) is 18.8. The summed E-state index contributed by atoms with van der Waals surface area (Å²) in [6.07, 6.45) is 4.62. The zero-order valence-electron chi connectivity index (χ0n) is 15.9. The minimum atomic E-state index is -0.0157. The Labute approximate surface area is 160 Å². The second-order valence-electron chi connectivity index (χ2n) is 6.66. The average Bonchev–Trinajstić information content (AvgIpc) is 2.70. The smallest absolute Gasteiger partial charge is 0.225 e. The van der Waals surface area contributed by atoms with Crippen molar-refractivity contribution >= 4 is 11.7 Å². The van der Waals surface area contributed by atoms with Gasteiger partial charge in [-0.25, -0.2) is 9.97 Å². The average molecular weight is 359 g/mol. The zero-order chi connectivity index (χ0) is 19.1. The molecule has 0 spiro atoms. The van der Waals surface area contributed by atoms with Crippen LogP contribution >= 0.6 is 0 Å². The number of nitrogens with one attached hydrogen (secondary N) is 1. The van der Waals surface area contributed by atoms with E-state index in [1.54, 1.807) is 6.20 Å². The van der Waals surface area contributed by atoms with Gasteiger partial charge in [0.1, 0.15) is 0 Å². The van der Waals surface area contributed by atoms with E-state index in [0.29, 0.717) is 18.7 Å². The van der Waals surface area contributed by atoms with Crippen molar-refractivity contribution in [2.24, 2.45) is 0 Å². The van der Waals surface area contributed by atoms with Gasteiger partial charge in [-0.05, 0) is 31.7 Å². The van der Waals surface area contributed by atoms with Crippen molar-refractivity contribution in [1.29, 1.82) is 0 Å². The van der Waals surface area contributed by atoms with Gasteiger partial charge in [0.05, 0.1) is 17.6 Å². The molecule has 2 aromatic carbocycles. The summed E-state index contributed by atoms with van der Waals surface area (Å²) in [5, 5.41) is 2.92. The van der Waals surface area contributed by atoms with E-state index < -0.39 is 0 Å². The van der Waals surface area contributed by atoms with Gasteiger partial charge in [-0.3, -0.25) is 4.79 Å². The van der Waals surface area contributed by atoms with Crippen LogP contribution in [0.5, 0.6) is 0 Å². The molecule has 4 nitrogen and oxygen atoms in total. The number of carbonyl (C=O) groups is 1. The van der Waals surface area contributed by atoms with Crippen LogP contribution in [0.15, 0.2) is 60.8 Å². The van der Waals surface area contributed by atoms with Gasteiger partial charge in [-0.15, -0.1) is 0 Å². The van der Waals surface area contributed by atoms with Crippen LogP contribution in [0.3, 0.4) is 0 Å². The molecule has 0 aliphatic carbocycles. The van der Waals surface area contributed by atoms with E-state index in [1.807, 2.05) is 37.3 Å². The number of hydrogen-bond acceptors (Lipinski definition) is 3. The molecule has 0 bridgehead atoms. The van der Waals surface area contributed by atoms with Crippen molar-refractivity contribution in [3.63, 3.8) is 0 Å². The maximum atomic E-state index is 12.3. The lowest BCUT2D eigenvalue weighted by Gasteiger charge is -2.10. The van der Waals surface area contributed by atoms with Crippen LogP contribution in [0.1, 0.15) is 36.6 Å². The van der Waals surface area contributed by atoms with Gasteiger partial charge in [-0.2, -0.15) is 0 Å². The molecule has 138 valence electrons. The molecule has 3 rings (SSSR count). The van der Waals surface area contributed by atoms with E-state index in [0.717, 1.165) is 29.8 Å². The Morgan fingerprint density at radius 1 is 1.04 bits per heavy atom. The minimum Gasteiger partial charge on any atom is -0.309 e. The summed E-state index contributed by atoms with van der Waals surface area (Å²) in [6, 6.07) is 18.4. The SMILES string of the molecule is CCc1nc(-c2ccc(C)cc2)cnc1NC(=O)CCCc1ccccc1. The first-order chi connectivity index (χ1) is 13.2. The van der Waals surface area contributed by atoms with Gasteiger partial charge < -0.3 is 5.32 Å². The van der Waals surface area contributed by atoms with Crippen molar-refractivity contribution < 1.29 is 4.79 Å². The zero-order valence-corrected chi connectivity index (χ0v) is 15.9. The van der Waals surface area contributed by atoms with Crippen LogP contribution < -0.4 is 5.32 Å². The second kappa shape index (κ2) is 9.08. The number of rotatable bonds is 7. The van der Waals surface area contributed by atoms with E-state index >= 15 is 0 Å². The van der Waals surface area contributed by atoms with Crippen LogP contribution in [0.2, 0.25) is 0 Å². The number of aryl methyl sites for hydroxylation is 3. The molecule has 0 saturated heterocycles. The van der Waals surface area contributed by atoms with Gasteiger partial charge in [0.25, 0.3) is 0 Å². The Morgan fingerprint density at radius 3 is 2.48 bits per heavy atom. The fraction of sp³-hybridized carbons (Fsp3) is 0.261. The summed E-state index contributed by atoms with van der Waals surface area (Å²) in [4.78, 5) is 21.4. The van der Waals surface area contributed by atoms with E-state index in [1.165, 1.54) is 11.1 Å². The molecule has 4 heteroatoms. The van der Waals surface area contributed by atoms with Gasteiger partial charge in [0, 0.05) is 12.0 Å². The van der Waals surface area contributed by atoms with E-state index in [2.05, 4.69) is 41.5 Å². The maximum Gasteiger partial charge on any atom is 0.225 e. The summed E-state index contributed by atoms with van der Waals surface area (Å²) < 4.78 is 0. The van der Waals surface area contributed by atoms with Crippen molar-refractivity contribution in [3.05, 3.63) is 77.6 Å². The van der Waals surface area contributed by atoms with Gasteiger partial charge in [-0.1, -0.05) is 67.1 Å². The number of hydrogen-bond donors (Lipinski definition) is 1. The Balaban J connectivity index is 1.62. The predicted octanol–water partition coefficient (Wildman–Crippen LogP) is 4.98. The van der Waals surface area contributed by atoms with Crippen molar-refractivity contribution in [3.8, 4) is 11.3 Å². The topological polar surface area (TPSA) is 54.9 Å². The van der Waals surface area contributed by atoms with Crippen LogP contribution in [0.25, 0.3) is 11.3 Å². The quantitative estimate of drug-likeness (QED) is 0.647. The molecule has 1 aromatic heterocycles. The molecular weight excluding hydrogens is 334 g/mol. The lowest BCUT2D eigenvalue weighted by molar-refractivity contribution is -0.116. The molecule has 0 radical (unpaired) electrons. The maximum absolute atomic E-state index is 12.3. The van der Waals surface area contributed by atoms with E-state index in [-0.39, 0.29) is 5.91 Å².